The van der Waals surface area contributed by atoms with Crippen LogP contribution >= 0.6 is 54.5 Å². The molecule has 0 aliphatic carbocycles. The van der Waals surface area contributed by atoms with E-state index in [9.17, 15) is 0 Å². The second-order valence-electron chi connectivity index (χ2n) is 2.12. The summed E-state index contributed by atoms with van der Waals surface area (Å²) in [5.74, 6) is 0. The van der Waals surface area contributed by atoms with E-state index in [0.717, 1.165) is 18.3 Å². The molecule has 0 aliphatic rings. The molecule has 6 heteroatoms. The lowest BCUT2D eigenvalue weighted by atomic mass is 10.6. The molecule has 0 aromatic carbocycles. The maximum Gasteiger partial charge on any atom is 0.170 e. The molecule has 3 nitrogen and oxygen atoms in total. The maximum absolute atomic E-state index is 4.19. The summed E-state index contributed by atoms with van der Waals surface area (Å²) in [6.45, 7) is 0. The zero-order chi connectivity index (χ0) is 8.72. The predicted octanol–water partition coefficient (Wildman–Crippen LogP) is 2.86. The van der Waals surface area contributed by atoms with Gasteiger partial charge in [-0.1, -0.05) is 0 Å². The third kappa shape index (κ3) is 1.29. The predicted molar refractivity (Wildman–Crippen MR) is 61.1 cm³/mol. The maximum atomic E-state index is 4.19. The molecule has 0 amide bonds. The fourth-order valence-corrected chi connectivity index (χ4v) is 1.99. The monoisotopic (exact) mass is 401 g/mol. The molecule has 12 heavy (non-hydrogen) atoms. The van der Waals surface area contributed by atoms with Crippen LogP contribution in [0.2, 0.25) is 0 Å². The van der Waals surface area contributed by atoms with Gasteiger partial charge in [-0.15, -0.1) is 0 Å². The molecule has 2 aromatic heterocycles. The van der Waals surface area contributed by atoms with E-state index in [-0.39, 0.29) is 0 Å². The summed E-state index contributed by atoms with van der Waals surface area (Å²) in [7, 11) is 0. The van der Waals surface area contributed by atoms with E-state index in [1.807, 2.05) is 0 Å². The van der Waals surface area contributed by atoms with Crippen molar-refractivity contribution in [3.8, 4) is 0 Å². The smallest absolute Gasteiger partial charge is 0.170 e. The second-order valence-corrected chi connectivity index (χ2v) is 4.88. The number of halogens is 3. The standard InChI is InChI=1S/C6H2Br2IN3/c7-3-1-11-12-4(9)2-10-6(12)5(3)8/h1-2H. The molecule has 0 fully saturated rings. The van der Waals surface area contributed by atoms with Crippen LogP contribution in [0, 0.1) is 3.70 Å². The minimum Gasteiger partial charge on any atom is -0.233 e. The summed E-state index contributed by atoms with van der Waals surface area (Å²) >= 11 is 8.96. The van der Waals surface area contributed by atoms with E-state index in [1.54, 1.807) is 16.9 Å². The zero-order valence-corrected chi connectivity index (χ0v) is 11.0. The molecule has 0 bridgehead atoms. The molecule has 0 saturated carbocycles. The summed E-state index contributed by atoms with van der Waals surface area (Å²) in [5, 5.41) is 4.17. The van der Waals surface area contributed by atoms with Crippen LogP contribution in [-0.4, -0.2) is 14.6 Å². The van der Waals surface area contributed by atoms with Gasteiger partial charge in [-0.05, 0) is 54.5 Å². The van der Waals surface area contributed by atoms with Gasteiger partial charge < -0.3 is 0 Å². The topological polar surface area (TPSA) is 30.2 Å². The average Bonchev–Trinajstić information content (AvgIpc) is 2.41. The van der Waals surface area contributed by atoms with Gasteiger partial charge in [0.05, 0.1) is 21.3 Å². The van der Waals surface area contributed by atoms with Crippen LogP contribution in [0.5, 0.6) is 0 Å². The zero-order valence-electron chi connectivity index (χ0n) is 5.63. The molecule has 0 saturated heterocycles. The summed E-state index contributed by atoms with van der Waals surface area (Å²) in [4.78, 5) is 4.19. The largest absolute Gasteiger partial charge is 0.233 e. The summed E-state index contributed by atoms with van der Waals surface area (Å²) in [6, 6.07) is 0. The third-order valence-corrected chi connectivity index (χ3v) is 4.04. The van der Waals surface area contributed by atoms with Gasteiger partial charge in [0.15, 0.2) is 5.65 Å². The van der Waals surface area contributed by atoms with Crippen molar-refractivity contribution in [3.63, 3.8) is 0 Å². The Morgan fingerprint density at radius 3 is 2.83 bits per heavy atom. The van der Waals surface area contributed by atoms with Gasteiger partial charge in [0.25, 0.3) is 0 Å². The molecule has 0 N–H and O–H groups in total. The number of imidazole rings is 1. The highest BCUT2D eigenvalue weighted by Gasteiger charge is 2.07. The van der Waals surface area contributed by atoms with Crippen molar-refractivity contribution in [2.24, 2.45) is 0 Å². The Morgan fingerprint density at radius 2 is 2.08 bits per heavy atom. The fourth-order valence-electron chi connectivity index (χ4n) is 0.856. The highest BCUT2D eigenvalue weighted by molar-refractivity contribution is 14.1. The first-order valence-corrected chi connectivity index (χ1v) is 5.70. The molecule has 0 radical (unpaired) electrons. The molecular weight excluding hydrogens is 401 g/mol. The Bertz CT molecular complexity index is 440. The minimum atomic E-state index is 0.828. The van der Waals surface area contributed by atoms with Crippen molar-refractivity contribution in [3.05, 3.63) is 25.0 Å². The van der Waals surface area contributed by atoms with Crippen molar-refractivity contribution in [2.45, 2.75) is 0 Å². The van der Waals surface area contributed by atoms with Gasteiger partial charge in [0, 0.05) is 0 Å². The molecule has 0 aliphatic heterocycles. The Labute approximate surface area is 99.0 Å². The Balaban J connectivity index is 2.93. The van der Waals surface area contributed by atoms with Gasteiger partial charge in [-0.25, -0.2) is 9.50 Å². The lowest BCUT2D eigenvalue weighted by Gasteiger charge is -1.97. The highest BCUT2D eigenvalue weighted by Crippen LogP contribution is 2.26. The lowest BCUT2D eigenvalue weighted by molar-refractivity contribution is 0.904. The summed E-state index contributed by atoms with van der Waals surface area (Å²) in [5.41, 5.74) is 0.828. The van der Waals surface area contributed by atoms with Crippen LogP contribution in [0.3, 0.4) is 0 Å². The normalized spacial score (nSPS) is 10.9. The Hall–Kier alpha value is 0.310. The first-order valence-electron chi connectivity index (χ1n) is 3.03. The van der Waals surface area contributed by atoms with Crippen molar-refractivity contribution < 1.29 is 0 Å². The number of hydrogen-bond acceptors (Lipinski definition) is 2. The number of fused-ring (bicyclic) bond motifs is 1. The molecule has 2 aromatic rings. The van der Waals surface area contributed by atoms with Crippen molar-refractivity contribution >= 4 is 60.1 Å². The van der Waals surface area contributed by atoms with Gasteiger partial charge in [0.2, 0.25) is 0 Å². The van der Waals surface area contributed by atoms with Crippen LogP contribution in [0.25, 0.3) is 5.65 Å². The minimum absolute atomic E-state index is 0.828. The number of rotatable bonds is 0. The SMILES string of the molecule is Brc1cnn2c(I)cnc2c1Br. The van der Waals surface area contributed by atoms with Crippen LogP contribution < -0.4 is 0 Å². The van der Waals surface area contributed by atoms with E-state index >= 15 is 0 Å². The van der Waals surface area contributed by atoms with Crippen LogP contribution in [0.15, 0.2) is 21.3 Å². The van der Waals surface area contributed by atoms with E-state index < -0.39 is 0 Å². The molecule has 62 valence electrons. The van der Waals surface area contributed by atoms with Crippen LogP contribution in [0.1, 0.15) is 0 Å². The molecular formula is C6H2Br2IN3. The van der Waals surface area contributed by atoms with E-state index in [4.69, 9.17) is 0 Å². The lowest BCUT2D eigenvalue weighted by Crippen LogP contribution is -1.93. The Morgan fingerprint density at radius 1 is 1.33 bits per heavy atom. The molecule has 2 heterocycles. The highest BCUT2D eigenvalue weighted by atomic mass is 127. The van der Waals surface area contributed by atoms with Crippen LogP contribution in [0.4, 0.5) is 0 Å². The third-order valence-electron chi connectivity index (χ3n) is 1.39. The Kier molecular flexibility index (Phi) is 2.39. The van der Waals surface area contributed by atoms with Crippen LogP contribution in [-0.2, 0) is 0 Å². The van der Waals surface area contributed by atoms with Gasteiger partial charge in [0.1, 0.15) is 3.70 Å². The van der Waals surface area contributed by atoms with Crippen molar-refractivity contribution in [2.75, 3.05) is 0 Å². The van der Waals surface area contributed by atoms with E-state index in [1.165, 1.54) is 0 Å². The van der Waals surface area contributed by atoms with E-state index in [0.29, 0.717) is 0 Å². The summed E-state index contributed by atoms with van der Waals surface area (Å²) in [6.07, 6.45) is 3.51. The molecule has 2 rings (SSSR count). The molecule has 0 unspecified atom stereocenters. The second kappa shape index (κ2) is 3.22. The molecule has 0 spiro atoms. The first kappa shape index (κ1) is 8.89. The number of aromatic nitrogens is 3. The van der Waals surface area contributed by atoms with Gasteiger partial charge >= 0.3 is 0 Å². The quantitative estimate of drug-likeness (QED) is 0.634. The first-order chi connectivity index (χ1) is 5.70. The summed E-state index contributed by atoms with van der Waals surface area (Å²) < 4.78 is 4.61. The number of nitrogens with zero attached hydrogens (tertiary/aromatic N) is 3. The number of hydrogen-bond donors (Lipinski definition) is 0. The van der Waals surface area contributed by atoms with Crippen molar-refractivity contribution in [1.82, 2.24) is 14.6 Å². The molecule has 0 atom stereocenters. The van der Waals surface area contributed by atoms with Gasteiger partial charge in [-0.3, -0.25) is 0 Å². The average molecular weight is 403 g/mol. The van der Waals surface area contributed by atoms with Gasteiger partial charge in [-0.2, -0.15) is 5.10 Å². The fraction of sp³-hybridized carbons (Fsp3) is 0. The van der Waals surface area contributed by atoms with Crippen molar-refractivity contribution in [1.29, 1.82) is 0 Å². The van der Waals surface area contributed by atoms with E-state index in [2.05, 4.69) is 64.5 Å².